The summed E-state index contributed by atoms with van der Waals surface area (Å²) in [5.74, 6) is -0.442. The van der Waals surface area contributed by atoms with Crippen LogP contribution >= 0.6 is 27.3 Å². The summed E-state index contributed by atoms with van der Waals surface area (Å²) >= 11 is 4.65. The van der Waals surface area contributed by atoms with E-state index >= 15 is 0 Å². The number of aromatic nitrogens is 1. The summed E-state index contributed by atoms with van der Waals surface area (Å²) in [4.78, 5) is 44.0. The van der Waals surface area contributed by atoms with E-state index in [1.165, 1.54) is 17.7 Å². The predicted octanol–water partition coefficient (Wildman–Crippen LogP) is 4.92. The molecular formula is C30H25BrN2O7S. The van der Waals surface area contributed by atoms with Crippen molar-refractivity contribution in [2.45, 2.75) is 32.9 Å². The molecule has 210 valence electrons. The molecule has 0 aliphatic carbocycles. The Labute approximate surface area is 246 Å². The number of benzene rings is 2. The van der Waals surface area contributed by atoms with Crippen molar-refractivity contribution in [3.05, 3.63) is 107 Å². The molecule has 0 amide bonds. The van der Waals surface area contributed by atoms with Crippen LogP contribution in [0.15, 0.2) is 84.5 Å². The highest BCUT2D eigenvalue weighted by Gasteiger charge is 2.35. The highest BCUT2D eigenvalue weighted by atomic mass is 79.9. The molecule has 1 aliphatic heterocycles. The van der Waals surface area contributed by atoms with Gasteiger partial charge in [0.1, 0.15) is 23.3 Å². The van der Waals surface area contributed by atoms with E-state index in [4.69, 9.17) is 13.9 Å². The summed E-state index contributed by atoms with van der Waals surface area (Å²) in [6.07, 6.45) is 1.20. The van der Waals surface area contributed by atoms with Crippen molar-refractivity contribution in [3.63, 3.8) is 0 Å². The molecule has 0 saturated carbocycles. The number of halogens is 1. The molecule has 11 heteroatoms. The van der Waals surface area contributed by atoms with Crippen molar-refractivity contribution in [1.29, 1.82) is 0 Å². The number of carbonyl (C=O) groups is 2. The Morgan fingerprint density at radius 1 is 1.17 bits per heavy atom. The predicted molar refractivity (Wildman–Crippen MR) is 157 cm³/mol. The van der Waals surface area contributed by atoms with Crippen LogP contribution in [0.5, 0.6) is 5.75 Å². The molecule has 0 bridgehead atoms. The highest BCUT2D eigenvalue weighted by molar-refractivity contribution is 9.10. The third-order valence-corrected chi connectivity index (χ3v) is 7.87. The van der Waals surface area contributed by atoms with Crippen molar-refractivity contribution in [1.82, 2.24) is 4.57 Å². The second kappa shape index (κ2) is 11.3. The zero-order chi connectivity index (χ0) is 29.4. The zero-order valence-corrected chi connectivity index (χ0v) is 24.9. The number of hydrogen-bond donors (Lipinski definition) is 1. The first-order valence-electron chi connectivity index (χ1n) is 12.6. The number of furan rings is 1. The summed E-state index contributed by atoms with van der Waals surface area (Å²) in [7, 11) is 1.52. The molecule has 9 nitrogen and oxygen atoms in total. The number of ether oxygens (including phenoxy) is 2. The highest BCUT2D eigenvalue weighted by Crippen LogP contribution is 2.37. The van der Waals surface area contributed by atoms with E-state index in [0.29, 0.717) is 43.4 Å². The molecule has 0 radical (unpaired) electrons. The molecule has 5 rings (SSSR count). The Bertz CT molecular complexity index is 1900. The third kappa shape index (κ3) is 5.42. The average Bonchev–Trinajstić information content (AvgIpc) is 3.51. The Morgan fingerprint density at radius 2 is 1.93 bits per heavy atom. The number of allylic oxidation sites excluding steroid dienone is 1. The van der Waals surface area contributed by atoms with Crippen LogP contribution in [0.2, 0.25) is 0 Å². The Morgan fingerprint density at radius 3 is 2.63 bits per heavy atom. The molecule has 1 aliphatic rings. The molecular weight excluding hydrogens is 612 g/mol. The Hall–Kier alpha value is -4.22. The number of rotatable bonds is 7. The quantitative estimate of drug-likeness (QED) is 0.286. The van der Waals surface area contributed by atoms with Crippen molar-refractivity contribution >= 4 is 45.3 Å². The fraction of sp³-hybridized carbons (Fsp3) is 0.200. The number of methoxy groups -OCH3 is 1. The maximum absolute atomic E-state index is 13.9. The fourth-order valence-corrected chi connectivity index (χ4v) is 6.07. The fourth-order valence-electron chi connectivity index (χ4n) is 4.66. The van der Waals surface area contributed by atoms with E-state index in [0.717, 1.165) is 15.8 Å². The Balaban J connectivity index is 1.68. The molecule has 2 aromatic carbocycles. The minimum absolute atomic E-state index is 0.104. The first kappa shape index (κ1) is 28.3. The smallest absolute Gasteiger partial charge is 0.338 e. The van der Waals surface area contributed by atoms with Gasteiger partial charge in [-0.25, -0.2) is 14.6 Å². The van der Waals surface area contributed by atoms with E-state index in [1.807, 2.05) is 6.07 Å². The standard InChI is InChI=1S/C30H25BrN2O7S/c1-15(2)39-29(37)25-16(3)32-30-33(26(25)21-13-17(31)9-11-22(21)38-4)27(34)24(41-30)14-18-10-12-23(40-18)19-7-5-6-8-20(19)28(35)36/h5-15,26H,1-4H3,(H,35,36)/b24-14-/t26-/m1/s1. The molecule has 1 atom stereocenters. The number of esters is 1. The van der Waals surface area contributed by atoms with Gasteiger partial charge in [0.25, 0.3) is 5.56 Å². The summed E-state index contributed by atoms with van der Waals surface area (Å²) in [5.41, 5.74) is 1.40. The lowest BCUT2D eigenvalue weighted by Crippen LogP contribution is -2.40. The van der Waals surface area contributed by atoms with Gasteiger partial charge in [-0.15, -0.1) is 0 Å². The largest absolute Gasteiger partial charge is 0.496 e. The van der Waals surface area contributed by atoms with Crippen molar-refractivity contribution in [2.75, 3.05) is 7.11 Å². The van der Waals surface area contributed by atoms with Gasteiger partial charge >= 0.3 is 11.9 Å². The number of carboxylic acid groups (broad SMARTS) is 1. The lowest BCUT2D eigenvalue weighted by Gasteiger charge is -2.26. The molecule has 0 spiro atoms. The number of carbonyl (C=O) groups excluding carboxylic acids is 1. The van der Waals surface area contributed by atoms with Crippen LogP contribution < -0.4 is 19.6 Å². The van der Waals surface area contributed by atoms with Crippen LogP contribution in [-0.2, 0) is 9.53 Å². The molecule has 1 N–H and O–H groups in total. The van der Waals surface area contributed by atoms with Gasteiger partial charge in [-0.2, -0.15) is 0 Å². The minimum atomic E-state index is -1.07. The first-order valence-corrected chi connectivity index (χ1v) is 14.2. The topological polar surface area (TPSA) is 120 Å². The molecule has 41 heavy (non-hydrogen) atoms. The second-order valence-corrected chi connectivity index (χ2v) is 11.4. The van der Waals surface area contributed by atoms with Crippen LogP contribution in [0.4, 0.5) is 0 Å². The second-order valence-electron chi connectivity index (χ2n) is 9.47. The summed E-state index contributed by atoms with van der Waals surface area (Å²) < 4.78 is 19.6. The number of hydrogen-bond acceptors (Lipinski definition) is 8. The SMILES string of the molecule is COc1ccc(Br)cc1[C@@H]1C(C(=O)OC(C)C)=C(C)N=c2s/c(=C\c3ccc(-c4ccccc4C(=O)O)o3)c(=O)n21. The normalized spacial score (nSPS) is 15.1. The summed E-state index contributed by atoms with van der Waals surface area (Å²) in [6, 6.07) is 14.4. The van der Waals surface area contributed by atoms with Gasteiger partial charge in [0.05, 0.1) is 34.6 Å². The van der Waals surface area contributed by atoms with E-state index < -0.39 is 18.0 Å². The van der Waals surface area contributed by atoms with Crippen LogP contribution in [-0.4, -0.2) is 34.8 Å². The average molecular weight is 638 g/mol. The van der Waals surface area contributed by atoms with E-state index in [9.17, 15) is 19.5 Å². The number of carboxylic acids is 1. The van der Waals surface area contributed by atoms with Crippen LogP contribution in [0, 0.1) is 0 Å². The van der Waals surface area contributed by atoms with Gasteiger partial charge in [0, 0.05) is 21.7 Å². The maximum atomic E-state index is 13.9. The molecule has 0 saturated heterocycles. The molecule has 0 unspecified atom stereocenters. The lowest BCUT2D eigenvalue weighted by molar-refractivity contribution is -0.143. The van der Waals surface area contributed by atoms with E-state index in [1.54, 1.807) is 69.3 Å². The molecule has 0 fully saturated rings. The molecule has 2 aromatic heterocycles. The summed E-state index contributed by atoms with van der Waals surface area (Å²) in [5, 5.41) is 9.55. The van der Waals surface area contributed by atoms with Gasteiger partial charge < -0.3 is 19.0 Å². The number of aromatic carboxylic acids is 1. The summed E-state index contributed by atoms with van der Waals surface area (Å²) in [6.45, 7) is 5.22. The number of thiazole rings is 1. The monoisotopic (exact) mass is 636 g/mol. The molecule has 3 heterocycles. The van der Waals surface area contributed by atoms with Crippen LogP contribution in [0.3, 0.4) is 0 Å². The number of nitrogens with zero attached hydrogens (tertiary/aromatic N) is 2. The zero-order valence-electron chi connectivity index (χ0n) is 22.5. The lowest BCUT2D eigenvalue weighted by atomic mass is 9.95. The Kier molecular flexibility index (Phi) is 7.83. The van der Waals surface area contributed by atoms with Gasteiger partial charge in [-0.1, -0.05) is 45.5 Å². The van der Waals surface area contributed by atoms with Gasteiger partial charge in [-0.05, 0) is 57.2 Å². The van der Waals surface area contributed by atoms with Crippen molar-refractivity contribution < 1.29 is 28.6 Å². The number of fused-ring (bicyclic) bond motifs is 1. The molecule has 4 aromatic rings. The van der Waals surface area contributed by atoms with Crippen LogP contribution in [0.25, 0.3) is 17.4 Å². The van der Waals surface area contributed by atoms with Crippen molar-refractivity contribution in [3.8, 4) is 17.1 Å². The maximum Gasteiger partial charge on any atom is 0.338 e. The van der Waals surface area contributed by atoms with Crippen molar-refractivity contribution in [2.24, 2.45) is 4.99 Å². The third-order valence-electron chi connectivity index (χ3n) is 6.39. The van der Waals surface area contributed by atoms with Gasteiger partial charge in [-0.3, -0.25) is 9.36 Å². The van der Waals surface area contributed by atoms with E-state index in [-0.39, 0.29) is 22.8 Å². The minimum Gasteiger partial charge on any atom is -0.496 e. The van der Waals surface area contributed by atoms with E-state index in [2.05, 4.69) is 20.9 Å². The first-order chi connectivity index (χ1) is 19.6. The van der Waals surface area contributed by atoms with Gasteiger partial charge in [0.2, 0.25) is 0 Å². The van der Waals surface area contributed by atoms with Crippen LogP contribution in [0.1, 0.15) is 48.5 Å². The van der Waals surface area contributed by atoms with Gasteiger partial charge in [0.15, 0.2) is 4.80 Å².